The summed E-state index contributed by atoms with van der Waals surface area (Å²) >= 11 is 5.17. The topological polar surface area (TPSA) is 110 Å². The number of fused-ring (bicyclic) bond motifs is 1. The molecule has 0 saturated carbocycles. The molecule has 1 heterocycles. The molecule has 2 N–H and O–H groups in total. The molecule has 0 radical (unpaired) electrons. The zero-order valence-electron chi connectivity index (χ0n) is 15.7. The minimum atomic E-state index is -0.546. The number of anilines is 1. The van der Waals surface area contributed by atoms with Crippen LogP contribution in [0.15, 0.2) is 71.1 Å². The normalized spacial score (nSPS) is 10.6. The van der Waals surface area contributed by atoms with Crippen LogP contribution >= 0.6 is 12.2 Å². The van der Waals surface area contributed by atoms with Gasteiger partial charge in [0.15, 0.2) is 10.7 Å². The fourth-order valence-corrected chi connectivity index (χ4v) is 3.00. The highest BCUT2D eigenvalue weighted by molar-refractivity contribution is 7.80. The maximum atomic E-state index is 13.1. The molecule has 0 atom stereocenters. The highest BCUT2D eigenvalue weighted by Crippen LogP contribution is 2.26. The van der Waals surface area contributed by atoms with Crippen molar-refractivity contribution in [1.29, 1.82) is 0 Å². The molecule has 0 saturated heterocycles. The molecule has 3 aromatic carbocycles. The van der Waals surface area contributed by atoms with Crippen LogP contribution in [0.4, 0.5) is 15.8 Å². The number of hydrogen-bond acceptors (Lipinski definition) is 6. The summed E-state index contributed by atoms with van der Waals surface area (Å²) < 4.78 is 18.8. The molecular formula is C21H13FN4O4S. The van der Waals surface area contributed by atoms with Gasteiger partial charge in [0, 0.05) is 28.9 Å². The molecule has 154 valence electrons. The number of nitrogens with one attached hydrogen (secondary N) is 2. The Morgan fingerprint density at radius 3 is 2.45 bits per heavy atom. The number of nitro groups is 1. The maximum Gasteiger partial charge on any atom is 0.269 e. The van der Waals surface area contributed by atoms with E-state index in [1.807, 2.05) is 0 Å². The summed E-state index contributed by atoms with van der Waals surface area (Å²) in [7, 11) is 0. The number of rotatable bonds is 4. The van der Waals surface area contributed by atoms with Crippen LogP contribution in [0.5, 0.6) is 0 Å². The van der Waals surface area contributed by atoms with Gasteiger partial charge < -0.3 is 9.73 Å². The quantitative estimate of drug-likeness (QED) is 0.272. The minimum absolute atomic E-state index is 0.0463. The van der Waals surface area contributed by atoms with Crippen molar-refractivity contribution in [3.8, 4) is 11.5 Å². The first-order valence-electron chi connectivity index (χ1n) is 8.92. The predicted molar refractivity (Wildman–Crippen MR) is 116 cm³/mol. The van der Waals surface area contributed by atoms with E-state index in [4.69, 9.17) is 16.6 Å². The summed E-state index contributed by atoms with van der Waals surface area (Å²) in [6.45, 7) is 0. The van der Waals surface area contributed by atoms with Crippen molar-refractivity contribution >= 4 is 45.7 Å². The molecule has 8 nitrogen and oxygen atoms in total. The SMILES string of the molecule is O=C(NC(=S)Nc1ccc2oc(-c3ccc(F)cc3)nc2c1)c1ccc([N+](=O)[O-])cc1. The van der Waals surface area contributed by atoms with Crippen molar-refractivity contribution in [2.75, 3.05) is 5.32 Å². The van der Waals surface area contributed by atoms with Crippen LogP contribution in [-0.4, -0.2) is 20.9 Å². The summed E-state index contributed by atoms with van der Waals surface area (Å²) in [5.74, 6) is -0.509. The molecular weight excluding hydrogens is 423 g/mol. The maximum absolute atomic E-state index is 13.1. The van der Waals surface area contributed by atoms with E-state index in [1.54, 1.807) is 30.3 Å². The van der Waals surface area contributed by atoms with Gasteiger partial charge in [-0.2, -0.15) is 0 Å². The van der Waals surface area contributed by atoms with Gasteiger partial charge in [-0.15, -0.1) is 0 Å². The fraction of sp³-hybridized carbons (Fsp3) is 0. The Morgan fingerprint density at radius 2 is 1.77 bits per heavy atom. The zero-order valence-corrected chi connectivity index (χ0v) is 16.5. The van der Waals surface area contributed by atoms with Crippen LogP contribution in [0.1, 0.15) is 10.4 Å². The Bertz CT molecular complexity index is 1300. The Balaban J connectivity index is 1.45. The Labute approximate surface area is 179 Å². The fourth-order valence-electron chi connectivity index (χ4n) is 2.79. The third kappa shape index (κ3) is 4.54. The number of thiocarbonyl (C=S) groups is 1. The Morgan fingerprint density at radius 1 is 1.06 bits per heavy atom. The zero-order chi connectivity index (χ0) is 22.0. The van der Waals surface area contributed by atoms with Crippen LogP contribution in [0.2, 0.25) is 0 Å². The molecule has 4 rings (SSSR count). The molecule has 1 aromatic heterocycles. The van der Waals surface area contributed by atoms with Gasteiger partial charge >= 0.3 is 0 Å². The molecule has 0 aliphatic carbocycles. The van der Waals surface area contributed by atoms with Crippen LogP contribution < -0.4 is 10.6 Å². The minimum Gasteiger partial charge on any atom is -0.436 e. The summed E-state index contributed by atoms with van der Waals surface area (Å²) in [5.41, 5.74) is 2.40. The van der Waals surface area contributed by atoms with E-state index in [9.17, 15) is 19.3 Å². The molecule has 0 fully saturated rings. The van der Waals surface area contributed by atoms with Crippen molar-refractivity contribution in [1.82, 2.24) is 10.3 Å². The van der Waals surface area contributed by atoms with Crippen molar-refractivity contribution < 1.29 is 18.5 Å². The number of non-ortho nitro benzene ring substituents is 1. The number of benzene rings is 3. The highest BCUT2D eigenvalue weighted by Gasteiger charge is 2.12. The average molecular weight is 436 g/mol. The van der Waals surface area contributed by atoms with E-state index >= 15 is 0 Å². The van der Waals surface area contributed by atoms with Gasteiger partial charge in [-0.25, -0.2) is 9.37 Å². The second-order valence-corrected chi connectivity index (χ2v) is 6.83. The van der Waals surface area contributed by atoms with Gasteiger partial charge in [-0.1, -0.05) is 0 Å². The number of carbonyl (C=O) groups excluding carboxylic acids is 1. The van der Waals surface area contributed by atoms with E-state index < -0.39 is 10.8 Å². The summed E-state index contributed by atoms with van der Waals surface area (Å²) in [4.78, 5) is 26.8. The molecule has 0 bridgehead atoms. The molecule has 0 aliphatic heterocycles. The van der Waals surface area contributed by atoms with Gasteiger partial charge in [0.1, 0.15) is 11.3 Å². The number of nitrogens with zero attached hydrogens (tertiary/aromatic N) is 2. The lowest BCUT2D eigenvalue weighted by Crippen LogP contribution is -2.34. The molecule has 10 heteroatoms. The molecule has 0 unspecified atom stereocenters. The second kappa shape index (κ2) is 8.28. The van der Waals surface area contributed by atoms with Gasteiger partial charge in [0.05, 0.1) is 4.92 Å². The first-order chi connectivity index (χ1) is 14.9. The molecule has 31 heavy (non-hydrogen) atoms. The van der Waals surface area contributed by atoms with Gasteiger partial charge in [0.25, 0.3) is 11.6 Å². The van der Waals surface area contributed by atoms with E-state index in [0.717, 1.165) is 0 Å². The first kappa shape index (κ1) is 20.1. The summed E-state index contributed by atoms with van der Waals surface area (Å²) in [6, 6.07) is 16.0. The van der Waals surface area contributed by atoms with Gasteiger partial charge in [0.2, 0.25) is 5.89 Å². The lowest BCUT2D eigenvalue weighted by molar-refractivity contribution is -0.384. The first-order valence-corrected chi connectivity index (χ1v) is 9.33. The lowest BCUT2D eigenvalue weighted by atomic mass is 10.2. The molecule has 1 amide bonds. The third-order valence-electron chi connectivity index (χ3n) is 4.30. The van der Waals surface area contributed by atoms with Crippen molar-refractivity contribution in [3.05, 3.63) is 88.2 Å². The number of nitro benzene ring substituents is 1. The van der Waals surface area contributed by atoms with Crippen LogP contribution in [0.25, 0.3) is 22.6 Å². The number of hydrogen-bond donors (Lipinski definition) is 2. The van der Waals surface area contributed by atoms with Gasteiger partial charge in [-0.05, 0) is 66.8 Å². The van der Waals surface area contributed by atoms with Crippen molar-refractivity contribution in [3.63, 3.8) is 0 Å². The van der Waals surface area contributed by atoms with Crippen LogP contribution in [-0.2, 0) is 0 Å². The van der Waals surface area contributed by atoms with E-state index in [0.29, 0.717) is 28.2 Å². The number of halogens is 1. The van der Waals surface area contributed by atoms with Crippen molar-refractivity contribution in [2.24, 2.45) is 0 Å². The Hall–Kier alpha value is -4.18. The van der Waals surface area contributed by atoms with Crippen LogP contribution in [0, 0.1) is 15.9 Å². The Kier molecular flexibility index (Phi) is 5.37. The predicted octanol–water partition coefficient (Wildman–Crippen LogP) is 4.67. The smallest absolute Gasteiger partial charge is 0.269 e. The third-order valence-corrected chi connectivity index (χ3v) is 4.51. The molecule has 4 aromatic rings. The number of carbonyl (C=O) groups is 1. The monoisotopic (exact) mass is 436 g/mol. The summed E-state index contributed by atoms with van der Waals surface area (Å²) in [6.07, 6.45) is 0. The van der Waals surface area contributed by atoms with E-state index in [-0.39, 0.29) is 22.2 Å². The van der Waals surface area contributed by atoms with Gasteiger partial charge in [-0.3, -0.25) is 20.2 Å². The molecule has 0 aliphatic rings. The molecule has 0 spiro atoms. The standard InChI is InChI=1S/C21H13FN4O4S/c22-14-5-1-13(2-6-14)20-24-17-11-15(7-10-18(17)30-20)23-21(31)25-19(27)12-3-8-16(9-4-12)26(28)29/h1-11H,(H2,23,25,27,31). The van der Waals surface area contributed by atoms with E-state index in [2.05, 4.69) is 15.6 Å². The highest BCUT2D eigenvalue weighted by atomic mass is 32.1. The second-order valence-electron chi connectivity index (χ2n) is 6.42. The largest absolute Gasteiger partial charge is 0.436 e. The average Bonchev–Trinajstić information content (AvgIpc) is 3.17. The number of amides is 1. The number of aromatic nitrogens is 1. The summed E-state index contributed by atoms with van der Waals surface area (Å²) in [5, 5.41) is 16.1. The lowest BCUT2D eigenvalue weighted by Gasteiger charge is -2.09. The van der Waals surface area contributed by atoms with Crippen LogP contribution in [0.3, 0.4) is 0 Å². The number of oxazole rings is 1. The van der Waals surface area contributed by atoms with Crippen molar-refractivity contribution in [2.45, 2.75) is 0 Å². The van der Waals surface area contributed by atoms with E-state index in [1.165, 1.54) is 36.4 Å².